The minimum atomic E-state index is 0.167. The minimum absolute atomic E-state index is 0.167. The molecular formula is C13H21NO3. The molecule has 1 rings (SSSR count). The molecule has 0 unspecified atom stereocenters. The highest BCUT2D eigenvalue weighted by Crippen LogP contribution is 2.25. The van der Waals surface area contributed by atoms with Gasteiger partial charge < -0.3 is 14.6 Å². The minimum Gasteiger partial charge on any atom is -0.497 e. The zero-order valence-electron chi connectivity index (χ0n) is 10.8. The lowest BCUT2D eigenvalue weighted by Gasteiger charge is -2.20. The van der Waals surface area contributed by atoms with Crippen LogP contribution in [0.5, 0.6) is 11.5 Å². The highest BCUT2D eigenvalue weighted by molar-refractivity contribution is 5.40. The van der Waals surface area contributed by atoms with E-state index in [-0.39, 0.29) is 6.61 Å². The Morgan fingerprint density at radius 2 is 2.00 bits per heavy atom. The summed E-state index contributed by atoms with van der Waals surface area (Å²) in [6.07, 6.45) is 0. The van der Waals surface area contributed by atoms with Crippen LogP contribution in [-0.4, -0.2) is 43.9 Å². The first-order valence-corrected chi connectivity index (χ1v) is 5.79. The Hall–Kier alpha value is -1.26. The number of benzene rings is 1. The van der Waals surface area contributed by atoms with Crippen molar-refractivity contribution >= 4 is 0 Å². The predicted molar refractivity (Wildman–Crippen MR) is 67.6 cm³/mol. The van der Waals surface area contributed by atoms with Gasteiger partial charge in [0, 0.05) is 18.7 Å². The van der Waals surface area contributed by atoms with Gasteiger partial charge in [0.15, 0.2) is 0 Å². The first-order chi connectivity index (χ1) is 8.24. The van der Waals surface area contributed by atoms with Gasteiger partial charge >= 0.3 is 0 Å². The van der Waals surface area contributed by atoms with Crippen molar-refractivity contribution in [3.05, 3.63) is 23.8 Å². The third-order valence-electron chi connectivity index (χ3n) is 2.74. The van der Waals surface area contributed by atoms with E-state index >= 15 is 0 Å². The molecule has 0 saturated heterocycles. The van der Waals surface area contributed by atoms with E-state index in [0.29, 0.717) is 6.54 Å². The molecule has 4 nitrogen and oxygen atoms in total. The van der Waals surface area contributed by atoms with Gasteiger partial charge in [0.05, 0.1) is 20.8 Å². The molecule has 0 amide bonds. The van der Waals surface area contributed by atoms with Crippen LogP contribution in [0.15, 0.2) is 18.2 Å². The van der Waals surface area contributed by atoms with Crippen LogP contribution in [0.2, 0.25) is 0 Å². The number of ether oxygens (including phenoxy) is 2. The molecule has 0 aromatic heterocycles. The van der Waals surface area contributed by atoms with Gasteiger partial charge in [-0.15, -0.1) is 0 Å². The SMILES string of the molecule is CCN(CCO)Cc1cc(OC)ccc1OC. The quantitative estimate of drug-likeness (QED) is 0.783. The number of hydrogen-bond acceptors (Lipinski definition) is 4. The summed E-state index contributed by atoms with van der Waals surface area (Å²) < 4.78 is 10.5. The van der Waals surface area contributed by atoms with Crippen LogP contribution < -0.4 is 9.47 Å². The lowest BCUT2D eigenvalue weighted by atomic mass is 10.1. The van der Waals surface area contributed by atoms with E-state index in [0.717, 1.165) is 30.2 Å². The summed E-state index contributed by atoms with van der Waals surface area (Å²) >= 11 is 0. The Morgan fingerprint density at radius 1 is 1.24 bits per heavy atom. The van der Waals surface area contributed by atoms with Crippen molar-refractivity contribution in [1.82, 2.24) is 4.90 Å². The molecule has 0 aliphatic carbocycles. The molecule has 0 saturated carbocycles. The number of hydrogen-bond donors (Lipinski definition) is 1. The number of methoxy groups -OCH3 is 2. The summed E-state index contributed by atoms with van der Waals surface area (Å²) in [6.45, 7) is 4.54. The van der Waals surface area contributed by atoms with E-state index in [2.05, 4.69) is 11.8 Å². The maximum Gasteiger partial charge on any atom is 0.123 e. The van der Waals surface area contributed by atoms with Crippen LogP contribution >= 0.6 is 0 Å². The van der Waals surface area contributed by atoms with Gasteiger partial charge in [-0.2, -0.15) is 0 Å². The molecule has 4 heteroatoms. The van der Waals surface area contributed by atoms with Crippen LogP contribution in [0.1, 0.15) is 12.5 Å². The molecule has 96 valence electrons. The van der Waals surface area contributed by atoms with Gasteiger partial charge in [-0.05, 0) is 24.7 Å². The first kappa shape index (κ1) is 13.8. The van der Waals surface area contributed by atoms with E-state index in [9.17, 15) is 0 Å². The maximum atomic E-state index is 8.98. The van der Waals surface area contributed by atoms with Gasteiger partial charge in [-0.3, -0.25) is 4.90 Å². The monoisotopic (exact) mass is 239 g/mol. The highest BCUT2D eigenvalue weighted by Gasteiger charge is 2.09. The molecule has 0 fully saturated rings. The van der Waals surface area contributed by atoms with Crippen LogP contribution in [0.3, 0.4) is 0 Å². The van der Waals surface area contributed by atoms with Gasteiger partial charge in [0.1, 0.15) is 11.5 Å². The standard InChI is InChI=1S/C13H21NO3/c1-4-14(7-8-15)10-11-9-12(16-2)5-6-13(11)17-3/h5-6,9,15H,4,7-8,10H2,1-3H3. The lowest BCUT2D eigenvalue weighted by molar-refractivity contribution is 0.195. The number of nitrogens with zero attached hydrogens (tertiary/aromatic N) is 1. The highest BCUT2D eigenvalue weighted by atomic mass is 16.5. The Morgan fingerprint density at radius 3 is 2.53 bits per heavy atom. The maximum absolute atomic E-state index is 8.98. The van der Waals surface area contributed by atoms with Crippen molar-refractivity contribution in [2.24, 2.45) is 0 Å². The number of rotatable bonds is 7. The Bertz CT molecular complexity index is 341. The summed E-state index contributed by atoms with van der Waals surface area (Å²) in [6, 6.07) is 5.75. The van der Waals surface area contributed by atoms with Crippen molar-refractivity contribution in [3.63, 3.8) is 0 Å². The second kappa shape index (κ2) is 7.14. The fourth-order valence-corrected chi connectivity index (χ4v) is 1.74. The van der Waals surface area contributed by atoms with Crippen LogP contribution in [-0.2, 0) is 6.54 Å². The normalized spacial score (nSPS) is 10.6. The van der Waals surface area contributed by atoms with Crippen molar-refractivity contribution in [2.75, 3.05) is 33.9 Å². The molecule has 1 aromatic carbocycles. The van der Waals surface area contributed by atoms with Crippen LogP contribution in [0.25, 0.3) is 0 Å². The van der Waals surface area contributed by atoms with Gasteiger partial charge in [0.25, 0.3) is 0 Å². The average molecular weight is 239 g/mol. The molecule has 0 aliphatic heterocycles. The molecule has 1 N–H and O–H groups in total. The van der Waals surface area contributed by atoms with Crippen molar-refractivity contribution in [1.29, 1.82) is 0 Å². The lowest BCUT2D eigenvalue weighted by Crippen LogP contribution is -2.26. The molecule has 0 bridgehead atoms. The van der Waals surface area contributed by atoms with E-state index in [1.54, 1.807) is 14.2 Å². The summed E-state index contributed by atoms with van der Waals surface area (Å²) in [5.74, 6) is 1.67. The largest absolute Gasteiger partial charge is 0.497 e. The Kier molecular flexibility index (Phi) is 5.80. The third kappa shape index (κ3) is 3.91. The smallest absolute Gasteiger partial charge is 0.123 e. The zero-order chi connectivity index (χ0) is 12.7. The summed E-state index contributed by atoms with van der Waals surface area (Å²) in [7, 11) is 3.31. The molecular weight excluding hydrogens is 218 g/mol. The number of likely N-dealkylation sites (N-methyl/N-ethyl adjacent to an activating group) is 1. The number of aliphatic hydroxyl groups excluding tert-OH is 1. The topological polar surface area (TPSA) is 41.9 Å². The predicted octanol–water partition coefficient (Wildman–Crippen LogP) is 1.52. The molecule has 0 radical (unpaired) electrons. The van der Waals surface area contributed by atoms with E-state index in [1.807, 2.05) is 18.2 Å². The van der Waals surface area contributed by atoms with E-state index < -0.39 is 0 Å². The summed E-state index contributed by atoms with van der Waals surface area (Å²) in [4.78, 5) is 2.15. The van der Waals surface area contributed by atoms with Crippen LogP contribution in [0, 0.1) is 0 Å². The van der Waals surface area contributed by atoms with Crippen molar-refractivity contribution in [2.45, 2.75) is 13.5 Å². The van der Waals surface area contributed by atoms with Crippen molar-refractivity contribution < 1.29 is 14.6 Å². The fourth-order valence-electron chi connectivity index (χ4n) is 1.74. The molecule has 1 aromatic rings. The number of aliphatic hydroxyl groups is 1. The van der Waals surface area contributed by atoms with Gasteiger partial charge in [0.2, 0.25) is 0 Å². The third-order valence-corrected chi connectivity index (χ3v) is 2.74. The van der Waals surface area contributed by atoms with Crippen molar-refractivity contribution in [3.8, 4) is 11.5 Å². The fraction of sp³-hybridized carbons (Fsp3) is 0.538. The van der Waals surface area contributed by atoms with Crippen LogP contribution in [0.4, 0.5) is 0 Å². The molecule has 0 heterocycles. The molecule has 0 aliphatic rings. The second-order valence-electron chi connectivity index (χ2n) is 3.77. The second-order valence-corrected chi connectivity index (χ2v) is 3.77. The van der Waals surface area contributed by atoms with Gasteiger partial charge in [-0.25, -0.2) is 0 Å². The Labute approximate surface area is 103 Å². The zero-order valence-corrected chi connectivity index (χ0v) is 10.8. The molecule has 17 heavy (non-hydrogen) atoms. The average Bonchev–Trinajstić information content (AvgIpc) is 2.38. The first-order valence-electron chi connectivity index (χ1n) is 5.79. The van der Waals surface area contributed by atoms with Gasteiger partial charge in [-0.1, -0.05) is 6.92 Å². The Balaban J connectivity index is 2.85. The van der Waals surface area contributed by atoms with E-state index in [4.69, 9.17) is 14.6 Å². The summed E-state index contributed by atoms with van der Waals surface area (Å²) in [5, 5.41) is 8.98. The molecule has 0 spiro atoms. The molecule has 0 atom stereocenters. The summed E-state index contributed by atoms with van der Waals surface area (Å²) in [5.41, 5.74) is 1.07. The van der Waals surface area contributed by atoms with E-state index in [1.165, 1.54) is 0 Å².